The molecule has 0 aliphatic carbocycles. The first kappa shape index (κ1) is 20.9. The van der Waals surface area contributed by atoms with Crippen LogP contribution in [-0.4, -0.2) is 16.8 Å². The van der Waals surface area contributed by atoms with E-state index in [0.29, 0.717) is 12.8 Å². The maximum atomic E-state index is 11.4. The summed E-state index contributed by atoms with van der Waals surface area (Å²) in [7, 11) is -6.66. The topological polar surface area (TPSA) is 68.3 Å². The zero-order valence-electron chi connectivity index (χ0n) is 13.1. The third-order valence-corrected chi connectivity index (χ3v) is 6.30. The number of unbranched alkanes of at least 4 members (excludes halogenated alkanes) is 5. The van der Waals surface area contributed by atoms with Gasteiger partial charge in [-0.25, -0.2) is 16.8 Å². The molecule has 6 heteroatoms. The first-order valence-electron chi connectivity index (χ1n) is 7.28. The van der Waals surface area contributed by atoms with E-state index in [9.17, 15) is 16.8 Å². The number of allylic oxidation sites excluding steroid dienone is 2. The van der Waals surface area contributed by atoms with Gasteiger partial charge >= 0.3 is 0 Å². The SMILES string of the molecule is C=CS(=O)(=O)C(=C)CCCCCCCCC(=C)S(=O)(=O)C=C. The van der Waals surface area contributed by atoms with Gasteiger partial charge in [-0.2, -0.15) is 0 Å². The Kier molecular flexibility index (Phi) is 9.28. The molecule has 4 nitrogen and oxygen atoms in total. The molecule has 0 heterocycles. The van der Waals surface area contributed by atoms with Crippen molar-refractivity contribution < 1.29 is 16.8 Å². The molecule has 0 N–H and O–H groups in total. The molecule has 0 aromatic carbocycles. The van der Waals surface area contributed by atoms with E-state index in [1.165, 1.54) is 0 Å². The highest BCUT2D eigenvalue weighted by molar-refractivity contribution is 7.98. The van der Waals surface area contributed by atoms with Crippen LogP contribution in [0.5, 0.6) is 0 Å². The molecule has 0 saturated carbocycles. The zero-order valence-corrected chi connectivity index (χ0v) is 14.7. The average Bonchev–Trinajstić information content (AvgIpc) is 2.49. The predicted octanol–water partition coefficient (Wildman–Crippen LogP) is 4.25. The first-order chi connectivity index (χ1) is 10.2. The normalized spacial score (nSPS) is 11.8. The van der Waals surface area contributed by atoms with Crippen molar-refractivity contribution in [1.82, 2.24) is 0 Å². The molecular weight excluding hydrogens is 320 g/mol. The van der Waals surface area contributed by atoms with Crippen LogP contribution in [0, 0.1) is 0 Å². The van der Waals surface area contributed by atoms with E-state index in [-0.39, 0.29) is 9.81 Å². The summed E-state index contributed by atoms with van der Waals surface area (Å²) in [6, 6.07) is 0. The highest BCUT2D eigenvalue weighted by Crippen LogP contribution is 2.18. The van der Waals surface area contributed by atoms with Crippen LogP contribution in [0.15, 0.2) is 46.9 Å². The molecule has 0 aromatic heterocycles. The maximum absolute atomic E-state index is 11.4. The molecule has 0 rings (SSSR count). The summed E-state index contributed by atoms with van der Waals surface area (Å²) in [5.41, 5.74) is 0. The second kappa shape index (κ2) is 9.79. The van der Waals surface area contributed by atoms with E-state index in [1.807, 2.05) is 0 Å². The van der Waals surface area contributed by atoms with Crippen molar-refractivity contribution in [2.24, 2.45) is 0 Å². The van der Waals surface area contributed by atoms with Crippen LogP contribution in [0.2, 0.25) is 0 Å². The highest BCUT2D eigenvalue weighted by atomic mass is 32.2. The molecule has 0 fully saturated rings. The van der Waals surface area contributed by atoms with E-state index in [2.05, 4.69) is 26.3 Å². The first-order valence-corrected chi connectivity index (χ1v) is 10.4. The van der Waals surface area contributed by atoms with Gasteiger partial charge in [0.1, 0.15) is 0 Å². The monoisotopic (exact) mass is 346 g/mol. The minimum atomic E-state index is -3.33. The zero-order chi connectivity index (χ0) is 17.2. The van der Waals surface area contributed by atoms with E-state index < -0.39 is 19.7 Å². The van der Waals surface area contributed by atoms with Crippen molar-refractivity contribution in [2.75, 3.05) is 0 Å². The maximum Gasteiger partial charge on any atom is 0.194 e. The lowest BCUT2D eigenvalue weighted by Gasteiger charge is -2.05. The number of sulfone groups is 2. The molecule has 22 heavy (non-hydrogen) atoms. The Labute approximate surface area is 135 Å². The van der Waals surface area contributed by atoms with Crippen molar-refractivity contribution in [3.05, 3.63) is 46.9 Å². The molecule has 0 aliphatic heterocycles. The van der Waals surface area contributed by atoms with Crippen LogP contribution in [0.3, 0.4) is 0 Å². The fourth-order valence-corrected chi connectivity index (χ4v) is 3.20. The summed E-state index contributed by atoms with van der Waals surface area (Å²) in [6.45, 7) is 13.7. The molecule has 0 bridgehead atoms. The predicted molar refractivity (Wildman–Crippen MR) is 93.4 cm³/mol. The van der Waals surface area contributed by atoms with Gasteiger partial charge in [0.15, 0.2) is 19.7 Å². The fraction of sp³-hybridized carbons (Fsp3) is 0.500. The Bertz CT molecular complexity index is 555. The van der Waals surface area contributed by atoms with Gasteiger partial charge in [-0.15, -0.1) is 0 Å². The standard InChI is InChI=1S/C16H26O4S2/c1-5-21(17,18)15(3)13-11-9-7-8-10-12-14-16(4)22(19,20)6-2/h5-6H,1-4,7-14H2. The van der Waals surface area contributed by atoms with Gasteiger partial charge in [0.25, 0.3) is 0 Å². The molecule has 0 atom stereocenters. The molecular formula is C16H26O4S2. The lowest BCUT2D eigenvalue weighted by molar-refractivity contribution is 0.585. The van der Waals surface area contributed by atoms with Gasteiger partial charge in [-0.1, -0.05) is 52.0 Å². The second-order valence-electron chi connectivity index (χ2n) is 5.12. The molecule has 126 valence electrons. The Morgan fingerprint density at radius 2 is 0.909 bits per heavy atom. The van der Waals surface area contributed by atoms with E-state index in [1.54, 1.807) is 0 Å². The van der Waals surface area contributed by atoms with Crippen LogP contribution in [-0.2, 0) is 19.7 Å². The van der Waals surface area contributed by atoms with Gasteiger partial charge < -0.3 is 0 Å². The molecule has 0 amide bonds. The minimum Gasteiger partial charge on any atom is -0.220 e. The van der Waals surface area contributed by atoms with Gasteiger partial charge in [0.05, 0.1) is 0 Å². The Morgan fingerprint density at radius 1 is 0.636 bits per heavy atom. The van der Waals surface area contributed by atoms with Gasteiger partial charge in [-0.05, 0) is 25.7 Å². The summed E-state index contributed by atoms with van der Waals surface area (Å²) >= 11 is 0. The Hall–Kier alpha value is -1.14. The molecule has 0 radical (unpaired) electrons. The van der Waals surface area contributed by atoms with Crippen LogP contribution in [0.1, 0.15) is 51.4 Å². The van der Waals surface area contributed by atoms with Crippen molar-refractivity contribution >= 4 is 19.7 Å². The molecule has 0 unspecified atom stereocenters. The summed E-state index contributed by atoms with van der Waals surface area (Å²) in [5.74, 6) is 0. The Morgan fingerprint density at radius 3 is 1.18 bits per heavy atom. The summed E-state index contributed by atoms with van der Waals surface area (Å²) in [4.78, 5) is 0.432. The summed E-state index contributed by atoms with van der Waals surface area (Å²) in [5, 5.41) is 1.86. The van der Waals surface area contributed by atoms with Crippen molar-refractivity contribution in [3.63, 3.8) is 0 Å². The van der Waals surface area contributed by atoms with E-state index in [0.717, 1.165) is 49.3 Å². The largest absolute Gasteiger partial charge is 0.220 e. The van der Waals surface area contributed by atoms with Crippen LogP contribution in [0.4, 0.5) is 0 Å². The smallest absolute Gasteiger partial charge is 0.194 e. The highest BCUT2D eigenvalue weighted by Gasteiger charge is 2.11. The van der Waals surface area contributed by atoms with Crippen molar-refractivity contribution in [1.29, 1.82) is 0 Å². The van der Waals surface area contributed by atoms with Crippen molar-refractivity contribution in [2.45, 2.75) is 51.4 Å². The summed E-state index contributed by atoms with van der Waals surface area (Å²) < 4.78 is 45.6. The third kappa shape index (κ3) is 7.75. The van der Waals surface area contributed by atoms with E-state index in [4.69, 9.17) is 0 Å². The number of hydrogen-bond acceptors (Lipinski definition) is 4. The fourth-order valence-electron chi connectivity index (χ4n) is 1.87. The second-order valence-corrected chi connectivity index (χ2v) is 9.12. The van der Waals surface area contributed by atoms with Crippen molar-refractivity contribution in [3.8, 4) is 0 Å². The summed E-state index contributed by atoms with van der Waals surface area (Å²) in [6.07, 6.45) is 6.32. The van der Waals surface area contributed by atoms with Gasteiger partial charge in [0.2, 0.25) is 0 Å². The molecule has 0 aromatic rings. The van der Waals surface area contributed by atoms with Crippen LogP contribution in [0.25, 0.3) is 0 Å². The average molecular weight is 347 g/mol. The molecule has 0 aliphatic rings. The molecule has 0 spiro atoms. The third-order valence-electron chi connectivity index (χ3n) is 3.40. The van der Waals surface area contributed by atoms with Gasteiger partial charge in [-0.3, -0.25) is 0 Å². The lowest BCUT2D eigenvalue weighted by Crippen LogP contribution is -1.98. The van der Waals surface area contributed by atoms with Crippen LogP contribution < -0.4 is 0 Å². The lowest BCUT2D eigenvalue weighted by atomic mass is 10.1. The number of rotatable bonds is 13. The van der Waals surface area contributed by atoms with E-state index >= 15 is 0 Å². The van der Waals surface area contributed by atoms with Gasteiger partial charge in [0, 0.05) is 20.6 Å². The Balaban J connectivity index is 3.72. The van der Waals surface area contributed by atoms with Crippen LogP contribution >= 0.6 is 0 Å². The minimum absolute atomic E-state index is 0.216. The molecule has 0 saturated heterocycles. The quantitative estimate of drug-likeness (QED) is 0.467. The number of hydrogen-bond donors (Lipinski definition) is 0.